The van der Waals surface area contributed by atoms with Crippen LogP contribution in [0.5, 0.6) is 0 Å². The smallest absolute Gasteiger partial charge is 0.137 e. The maximum absolute atomic E-state index is 13.4. The Bertz CT molecular complexity index is 590. The van der Waals surface area contributed by atoms with Gasteiger partial charge in [-0.3, -0.25) is 0 Å². The molecule has 2 aromatic carbocycles. The van der Waals surface area contributed by atoms with Crippen LogP contribution in [0.25, 0.3) is 0 Å². The number of nitrogens with one attached hydrogen (secondary N) is 1. The van der Waals surface area contributed by atoms with Crippen molar-refractivity contribution in [2.75, 3.05) is 6.54 Å². The molecule has 3 heteroatoms. The van der Waals surface area contributed by atoms with Crippen LogP contribution in [0.1, 0.15) is 35.2 Å². The van der Waals surface area contributed by atoms with Gasteiger partial charge in [0.2, 0.25) is 0 Å². The summed E-state index contributed by atoms with van der Waals surface area (Å²) in [6, 6.07) is 11.8. The van der Waals surface area contributed by atoms with Crippen molar-refractivity contribution in [1.29, 1.82) is 0 Å². The molecule has 20 heavy (non-hydrogen) atoms. The average Bonchev–Trinajstić information content (AvgIpc) is 2.38. The molecule has 0 fully saturated rings. The molecule has 0 bridgehead atoms. The van der Waals surface area contributed by atoms with Crippen LogP contribution >= 0.6 is 15.9 Å². The predicted octanol–water partition coefficient (Wildman–Crippen LogP) is 4.90. The second kappa shape index (κ2) is 6.51. The van der Waals surface area contributed by atoms with Crippen molar-refractivity contribution in [3.05, 3.63) is 68.9 Å². The number of benzene rings is 2. The molecule has 0 amide bonds. The van der Waals surface area contributed by atoms with Gasteiger partial charge in [-0.25, -0.2) is 4.39 Å². The standard InChI is InChI=1S/C17H19BrFN/c1-4-20-17(13-5-6-16(19)15(18)10-13)14-8-11(2)7-12(3)9-14/h5-10,17,20H,4H2,1-3H3. The number of hydrogen-bond donors (Lipinski definition) is 1. The van der Waals surface area contributed by atoms with Gasteiger partial charge in [0.1, 0.15) is 5.82 Å². The first-order valence-electron chi connectivity index (χ1n) is 6.77. The molecule has 0 spiro atoms. The van der Waals surface area contributed by atoms with E-state index in [2.05, 4.69) is 60.2 Å². The molecule has 1 N–H and O–H groups in total. The molecule has 0 aliphatic rings. The van der Waals surface area contributed by atoms with E-state index in [1.54, 1.807) is 0 Å². The zero-order chi connectivity index (χ0) is 14.7. The van der Waals surface area contributed by atoms with E-state index < -0.39 is 0 Å². The van der Waals surface area contributed by atoms with Gasteiger partial charge in [0, 0.05) is 0 Å². The summed E-state index contributed by atoms with van der Waals surface area (Å²) in [4.78, 5) is 0. The molecule has 2 aromatic rings. The van der Waals surface area contributed by atoms with Crippen molar-refractivity contribution in [2.45, 2.75) is 26.8 Å². The lowest BCUT2D eigenvalue weighted by molar-refractivity contribution is 0.608. The topological polar surface area (TPSA) is 12.0 Å². The molecule has 1 unspecified atom stereocenters. The van der Waals surface area contributed by atoms with E-state index in [-0.39, 0.29) is 11.9 Å². The summed E-state index contributed by atoms with van der Waals surface area (Å²) in [7, 11) is 0. The molecule has 2 rings (SSSR count). The highest BCUT2D eigenvalue weighted by molar-refractivity contribution is 9.10. The van der Waals surface area contributed by atoms with E-state index in [1.807, 2.05) is 12.1 Å². The summed E-state index contributed by atoms with van der Waals surface area (Å²) < 4.78 is 13.9. The number of halogens is 2. The monoisotopic (exact) mass is 335 g/mol. The number of aryl methyl sites for hydroxylation is 2. The Morgan fingerprint density at radius 1 is 1.05 bits per heavy atom. The molecule has 106 valence electrons. The Labute approximate surface area is 128 Å². The summed E-state index contributed by atoms with van der Waals surface area (Å²) in [5, 5.41) is 3.47. The Hall–Kier alpha value is -1.19. The van der Waals surface area contributed by atoms with Crippen LogP contribution < -0.4 is 5.32 Å². The first kappa shape index (κ1) is 15.2. The summed E-state index contributed by atoms with van der Waals surface area (Å²) in [6.45, 7) is 7.13. The van der Waals surface area contributed by atoms with Crippen LogP contribution in [0.3, 0.4) is 0 Å². The van der Waals surface area contributed by atoms with Gasteiger partial charge >= 0.3 is 0 Å². The van der Waals surface area contributed by atoms with E-state index in [0.29, 0.717) is 4.47 Å². The maximum Gasteiger partial charge on any atom is 0.137 e. The highest BCUT2D eigenvalue weighted by Crippen LogP contribution is 2.27. The Morgan fingerprint density at radius 2 is 1.70 bits per heavy atom. The molecular weight excluding hydrogens is 317 g/mol. The molecule has 1 atom stereocenters. The van der Waals surface area contributed by atoms with Gasteiger partial charge in [-0.15, -0.1) is 0 Å². The van der Waals surface area contributed by atoms with E-state index in [1.165, 1.54) is 22.8 Å². The summed E-state index contributed by atoms with van der Waals surface area (Å²) in [5.41, 5.74) is 4.75. The maximum atomic E-state index is 13.4. The average molecular weight is 336 g/mol. The lowest BCUT2D eigenvalue weighted by atomic mass is 9.95. The van der Waals surface area contributed by atoms with E-state index in [0.717, 1.165) is 12.1 Å². The Balaban J connectivity index is 2.46. The fourth-order valence-corrected chi connectivity index (χ4v) is 2.90. The Kier molecular flexibility index (Phi) is 4.95. The number of hydrogen-bond acceptors (Lipinski definition) is 1. The quantitative estimate of drug-likeness (QED) is 0.837. The van der Waals surface area contributed by atoms with Crippen LogP contribution in [-0.2, 0) is 0 Å². The molecular formula is C17H19BrFN. The van der Waals surface area contributed by atoms with Gasteiger partial charge in [0.05, 0.1) is 10.5 Å². The predicted molar refractivity (Wildman–Crippen MR) is 85.5 cm³/mol. The van der Waals surface area contributed by atoms with Crippen molar-refractivity contribution in [2.24, 2.45) is 0 Å². The normalized spacial score (nSPS) is 12.4. The van der Waals surface area contributed by atoms with E-state index in [4.69, 9.17) is 0 Å². The third-order valence-electron chi connectivity index (χ3n) is 3.26. The molecule has 0 saturated heterocycles. The van der Waals surface area contributed by atoms with Crippen molar-refractivity contribution in [3.63, 3.8) is 0 Å². The van der Waals surface area contributed by atoms with E-state index in [9.17, 15) is 4.39 Å². The summed E-state index contributed by atoms with van der Waals surface area (Å²) >= 11 is 3.26. The highest BCUT2D eigenvalue weighted by atomic mass is 79.9. The van der Waals surface area contributed by atoms with Crippen LogP contribution in [-0.4, -0.2) is 6.54 Å². The number of rotatable bonds is 4. The fraction of sp³-hybridized carbons (Fsp3) is 0.294. The van der Waals surface area contributed by atoms with Crippen molar-refractivity contribution in [1.82, 2.24) is 5.32 Å². The van der Waals surface area contributed by atoms with E-state index >= 15 is 0 Å². The third-order valence-corrected chi connectivity index (χ3v) is 3.87. The molecule has 0 aliphatic carbocycles. The van der Waals surface area contributed by atoms with Crippen LogP contribution in [0.2, 0.25) is 0 Å². The minimum Gasteiger partial charge on any atom is -0.307 e. The lowest BCUT2D eigenvalue weighted by Crippen LogP contribution is -2.22. The van der Waals surface area contributed by atoms with Crippen LogP contribution in [0, 0.1) is 19.7 Å². The second-order valence-electron chi connectivity index (χ2n) is 5.09. The van der Waals surface area contributed by atoms with Gasteiger partial charge < -0.3 is 5.32 Å². The first-order chi connectivity index (χ1) is 9.51. The third kappa shape index (κ3) is 3.47. The minimum atomic E-state index is -0.232. The second-order valence-corrected chi connectivity index (χ2v) is 5.94. The van der Waals surface area contributed by atoms with Gasteiger partial charge in [-0.05, 0) is 59.6 Å². The molecule has 0 heterocycles. The van der Waals surface area contributed by atoms with Crippen molar-refractivity contribution in [3.8, 4) is 0 Å². The van der Waals surface area contributed by atoms with Crippen LogP contribution in [0.4, 0.5) is 4.39 Å². The molecule has 0 radical (unpaired) electrons. The lowest BCUT2D eigenvalue weighted by Gasteiger charge is -2.20. The molecule has 1 nitrogen and oxygen atoms in total. The van der Waals surface area contributed by atoms with Gasteiger partial charge in [-0.1, -0.05) is 42.3 Å². The van der Waals surface area contributed by atoms with Crippen LogP contribution in [0.15, 0.2) is 40.9 Å². The molecule has 0 aliphatic heterocycles. The zero-order valence-corrected chi connectivity index (χ0v) is 13.6. The first-order valence-corrected chi connectivity index (χ1v) is 7.57. The molecule has 0 aromatic heterocycles. The van der Waals surface area contributed by atoms with Gasteiger partial charge in [0.25, 0.3) is 0 Å². The Morgan fingerprint density at radius 3 is 2.25 bits per heavy atom. The van der Waals surface area contributed by atoms with Gasteiger partial charge in [0.15, 0.2) is 0 Å². The van der Waals surface area contributed by atoms with Crippen molar-refractivity contribution < 1.29 is 4.39 Å². The molecule has 0 saturated carbocycles. The minimum absolute atomic E-state index is 0.0792. The highest BCUT2D eigenvalue weighted by Gasteiger charge is 2.15. The van der Waals surface area contributed by atoms with Gasteiger partial charge in [-0.2, -0.15) is 0 Å². The zero-order valence-electron chi connectivity index (χ0n) is 12.0. The fourth-order valence-electron chi connectivity index (χ4n) is 2.50. The summed E-state index contributed by atoms with van der Waals surface area (Å²) in [6.07, 6.45) is 0. The summed E-state index contributed by atoms with van der Waals surface area (Å²) in [5.74, 6) is -0.232. The van der Waals surface area contributed by atoms with Crippen molar-refractivity contribution >= 4 is 15.9 Å². The SMILES string of the molecule is CCNC(c1cc(C)cc(C)c1)c1ccc(F)c(Br)c1. The largest absolute Gasteiger partial charge is 0.307 e.